The Morgan fingerprint density at radius 2 is 1.85 bits per heavy atom. The Kier molecular flexibility index (Phi) is 2.43. The number of halogens is 2. The number of rotatable bonds is 2. The summed E-state index contributed by atoms with van der Waals surface area (Å²) < 4.78 is 25.1. The number of aliphatic hydroxyl groups is 1. The first kappa shape index (κ1) is 9.80. The lowest BCUT2D eigenvalue weighted by Gasteiger charge is -2.10. The summed E-state index contributed by atoms with van der Waals surface area (Å²) in [6.45, 7) is 0.735. The zero-order valence-electron chi connectivity index (χ0n) is 6.92. The van der Waals surface area contributed by atoms with Crippen molar-refractivity contribution in [1.29, 1.82) is 0 Å². The monoisotopic (exact) mass is 186 g/mol. The van der Waals surface area contributed by atoms with Gasteiger partial charge in [0.05, 0.1) is 0 Å². The lowest BCUT2D eigenvalue weighted by molar-refractivity contribution is -0.0408. The van der Waals surface area contributed by atoms with Crippen molar-refractivity contribution in [2.45, 2.75) is 12.8 Å². The molecule has 0 bridgehead atoms. The number of ketones is 1. The van der Waals surface area contributed by atoms with Crippen molar-refractivity contribution in [3.63, 3.8) is 0 Å². The fourth-order valence-electron chi connectivity index (χ4n) is 0.865. The van der Waals surface area contributed by atoms with Crippen molar-refractivity contribution in [2.75, 3.05) is 0 Å². The number of benzene rings is 1. The van der Waals surface area contributed by atoms with E-state index >= 15 is 0 Å². The van der Waals surface area contributed by atoms with Gasteiger partial charge in [-0.15, -0.1) is 0 Å². The summed E-state index contributed by atoms with van der Waals surface area (Å²) in [6.07, 6.45) is 0. The summed E-state index contributed by atoms with van der Waals surface area (Å²) in [6, 6.07) is 4.29. The third-order valence-electron chi connectivity index (χ3n) is 1.52. The van der Waals surface area contributed by atoms with Gasteiger partial charge in [0.25, 0.3) is 5.85 Å². The fourth-order valence-corrected chi connectivity index (χ4v) is 0.865. The van der Waals surface area contributed by atoms with E-state index < -0.39 is 17.5 Å². The molecule has 1 N–H and O–H groups in total. The van der Waals surface area contributed by atoms with E-state index in [0.29, 0.717) is 0 Å². The van der Waals surface area contributed by atoms with E-state index in [1.165, 1.54) is 0 Å². The van der Waals surface area contributed by atoms with Crippen molar-refractivity contribution in [1.82, 2.24) is 0 Å². The molecule has 0 aromatic heterocycles. The number of Topliss-reactive ketones (excluding diaryl/α,β-unsaturated/α-hetero) is 1. The number of carbonyl (C=O) groups is 1. The van der Waals surface area contributed by atoms with Crippen molar-refractivity contribution in [3.8, 4) is 0 Å². The molecule has 0 aliphatic heterocycles. The van der Waals surface area contributed by atoms with E-state index in [9.17, 15) is 13.6 Å². The van der Waals surface area contributed by atoms with Crippen LogP contribution in [-0.2, 0) is 0 Å². The van der Waals surface area contributed by atoms with E-state index in [-0.39, 0.29) is 5.56 Å². The zero-order chi connectivity index (χ0) is 10.1. The smallest absolute Gasteiger partial charge is 0.267 e. The molecule has 4 heteroatoms. The molecular weight excluding hydrogens is 178 g/mol. The minimum absolute atomic E-state index is 0.0612. The Hall–Kier alpha value is -1.29. The van der Waals surface area contributed by atoms with E-state index in [1.54, 1.807) is 0 Å². The predicted molar refractivity (Wildman–Crippen MR) is 42.5 cm³/mol. The van der Waals surface area contributed by atoms with E-state index in [2.05, 4.69) is 0 Å². The summed E-state index contributed by atoms with van der Waals surface area (Å²) in [5.41, 5.74) is -0.0612. The molecule has 0 aliphatic carbocycles. The van der Waals surface area contributed by atoms with E-state index in [0.717, 1.165) is 31.2 Å². The lowest BCUT2D eigenvalue weighted by atomic mass is 10.1. The van der Waals surface area contributed by atoms with Crippen LogP contribution in [0.5, 0.6) is 0 Å². The zero-order valence-corrected chi connectivity index (χ0v) is 6.92. The predicted octanol–water partition coefficient (Wildman–Crippen LogP) is 1.69. The maximum atomic E-state index is 12.7. The highest BCUT2D eigenvalue weighted by Crippen LogP contribution is 2.14. The maximum absolute atomic E-state index is 12.7. The van der Waals surface area contributed by atoms with Crippen LogP contribution in [0.15, 0.2) is 24.3 Å². The van der Waals surface area contributed by atoms with Crippen LogP contribution in [0.1, 0.15) is 17.3 Å². The molecule has 0 radical (unpaired) electrons. The molecule has 70 valence electrons. The van der Waals surface area contributed by atoms with Crippen LogP contribution in [0.2, 0.25) is 0 Å². The summed E-state index contributed by atoms with van der Waals surface area (Å²) in [5.74, 6) is -4.50. The van der Waals surface area contributed by atoms with Crippen LogP contribution in [-0.4, -0.2) is 16.7 Å². The normalized spacial score (nSPS) is 15.1. The van der Waals surface area contributed by atoms with Crippen LogP contribution >= 0.6 is 0 Å². The number of alkyl halides is 1. The van der Waals surface area contributed by atoms with Gasteiger partial charge in [-0.2, -0.15) is 0 Å². The van der Waals surface area contributed by atoms with Crippen LogP contribution in [0.25, 0.3) is 0 Å². The van der Waals surface area contributed by atoms with Crippen molar-refractivity contribution >= 4 is 5.78 Å². The van der Waals surface area contributed by atoms with Gasteiger partial charge in [0, 0.05) is 12.5 Å². The molecule has 0 amide bonds. The molecule has 0 spiro atoms. The highest BCUT2D eigenvalue weighted by atomic mass is 19.2. The molecule has 1 atom stereocenters. The molecule has 2 nitrogen and oxygen atoms in total. The van der Waals surface area contributed by atoms with Gasteiger partial charge >= 0.3 is 0 Å². The Labute approximate surface area is 73.8 Å². The van der Waals surface area contributed by atoms with Gasteiger partial charge < -0.3 is 5.11 Å². The Morgan fingerprint density at radius 3 is 2.23 bits per heavy atom. The second kappa shape index (κ2) is 3.22. The number of hydrogen-bond donors (Lipinski definition) is 1. The van der Waals surface area contributed by atoms with Crippen LogP contribution in [0.3, 0.4) is 0 Å². The van der Waals surface area contributed by atoms with Crippen LogP contribution < -0.4 is 0 Å². The molecule has 0 heterocycles. The fraction of sp³-hybridized carbons (Fsp3) is 0.222. The first-order chi connectivity index (χ1) is 5.91. The van der Waals surface area contributed by atoms with Gasteiger partial charge in [0.1, 0.15) is 5.82 Å². The Bertz CT molecular complexity index is 311. The van der Waals surface area contributed by atoms with Gasteiger partial charge in [-0.25, -0.2) is 8.78 Å². The molecule has 1 aromatic rings. The number of hydrogen-bond acceptors (Lipinski definition) is 2. The third-order valence-corrected chi connectivity index (χ3v) is 1.52. The third kappa shape index (κ3) is 2.32. The van der Waals surface area contributed by atoms with Crippen molar-refractivity contribution in [2.24, 2.45) is 0 Å². The van der Waals surface area contributed by atoms with Crippen LogP contribution in [0, 0.1) is 5.82 Å². The van der Waals surface area contributed by atoms with Gasteiger partial charge in [-0.3, -0.25) is 4.79 Å². The highest BCUT2D eigenvalue weighted by Gasteiger charge is 2.30. The van der Waals surface area contributed by atoms with Gasteiger partial charge in [0.2, 0.25) is 5.78 Å². The summed E-state index contributed by atoms with van der Waals surface area (Å²) in [4.78, 5) is 11.0. The molecular formula is C9H8F2O2. The second-order valence-corrected chi connectivity index (χ2v) is 2.79. The van der Waals surface area contributed by atoms with E-state index in [1.807, 2.05) is 0 Å². The van der Waals surface area contributed by atoms with Gasteiger partial charge in [-0.1, -0.05) is 0 Å². The quantitative estimate of drug-likeness (QED) is 0.713. The molecule has 0 saturated carbocycles. The van der Waals surface area contributed by atoms with Gasteiger partial charge in [-0.05, 0) is 24.3 Å². The molecule has 13 heavy (non-hydrogen) atoms. The highest BCUT2D eigenvalue weighted by molar-refractivity contribution is 6.00. The lowest BCUT2D eigenvalue weighted by Crippen LogP contribution is -2.29. The number of carbonyl (C=O) groups excluding carboxylic acids is 1. The molecule has 0 aliphatic rings. The maximum Gasteiger partial charge on any atom is 0.267 e. The molecule has 1 aromatic carbocycles. The second-order valence-electron chi connectivity index (χ2n) is 2.79. The molecule has 1 unspecified atom stereocenters. The average Bonchev–Trinajstić information content (AvgIpc) is 2.03. The minimum Gasteiger partial charge on any atom is -0.356 e. The topological polar surface area (TPSA) is 37.3 Å². The van der Waals surface area contributed by atoms with Crippen molar-refractivity contribution in [3.05, 3.63) is 35.6 Å². The van der Waals surface area contributed by atoms with E-state index in [4.69, 9.17) is 5.11 Å². The van der Waals surface area contributed by atoms with Crippen LogP contribution in [0.4, 0.5) is 8.78 Å². The van der Waals surface area contributed by atoms with Gasteiger partial charge in [0.15, 0.2) is 0 Å². The SMILES string of the molecule is CC(O)(F)C(=O)c1ccc(F)cc1. The molecule has 0 fully saturated rings. The summed E-state index contributed by atoms with van der Waals surface area (Å²) in [5, 5.41) is 8.70. The minimum atomic E-state index is -2.90. The van der Waals surface area contributed by atoms with Crippen molar-refractivity contribution < 1.29 is 18.7 Å². The first-order valence-electron chi connectivity index (χ1n) is 3.63. The largest absolute Gasteiger partial charge is 0.356 e. The average molecular weight is 186 g/mol. The Morgan fingerprint density at radius 1 is 1.38 bits per heavy atom. The summed E-state index contributed by atoms with van der Waals surface area (Å²) >= 11 is 0. The Balaban J connectivity index is 2.97. The summed E-state index contributed by atoms with van der Waals surface area (Å²) in [7, 11) is 0. The standard InChI is InChI=1S/C9H8F2O2/c1-9(11,13)8(12)6-2-4-7(10)5-3-6/h2-5,13H,1H3. The molecule has 0 saturated heterocycles. The molecule has 1 rings (SSSR count). The first-order valence-corrected chi connectivity index (χ1v) is 3.63.